The molecule has 8 heteroatoms. The molecule has 0 radical (unpaired) electrons. The number of hydrogen-bond acceptors (Lipinski definition) is 4. The van der Waals surface area contributed by atoms with Gasteiger partial charge < -0.3 is 9.88 Å². The van der Waals surface area contributed by atoms with Crippen LogP contribution in [0.4, 0.5) is 0 Å². The fourth-order valence-electron chi connectivity index (χ4n) is 3.79. The first-order valence-corrected chi connectivity index (χ1v) is 9.44. The van der Waals surface area contributed by atoms with Crippen molar-refractivity contribution in [1.82, 2.24) is 24.6 Å². The van der Waals surface area contributed by atoms with Crippen molar-refractivity contribution in [2.75, 3.05) is 13.1 Å². The summed E-state index contributed by atoms with van der Waals surface area (Å²) < 4.78 is 2.06. The van der Waals surface area contributed by atoms with Crippen molar-refractivity contribution in [3.63, 3.8) is 0 Å². The number of likely N-dealkylation sites (tertiary alicyclic amines) is 1. The molecule has 146 valence electrons. The van der Waals surface area contributed by atoms with E-state index in [4.69, 9.17) is 0 Å². The average Bonchev–Trinajstić information content (AvgIpc) is 2.91. The van der Waals surface area contributed by atoms with Crippen molar-refractivity contribution in [3.8, 4) is 0 Å². The van der Waals surface area contributed by atoms with E-state index in [1.165, 1.54) is 5.69 Å². The number of carbonyl (C=O) groups is 1. The lowest BCUT2D eigenvalue weighted by atomic mass is 9.96. The third kappa shape index (κ3) is 4.56. The van der Waals surface area contributed by atoms with Gasteiger partial charge in [-0.1, -0.05) is 0 Å². The molecular formula is C19H27N5O3. The van der Waals surface area contributed by atoms with Gasteiger partial charge in [0.15, 0.2) is 0 Å². The molecule has 1 fully saturated rings. The van der Waals surface area contributed by atoms with E-state index < -0.39 is 11.2 Å². The zero-order valence-electron chi connectivity index (χ0n) is 16.2. The number of nitrogens with one attached hydrogen (secondary N) is 2. The number of amides is 1. The van der Waals surface area contributed by atoms with E-state index in [1.807, 2.05) is 11.8 Å². The Kier molecular flexibility index (Phi) is 5.62. The van der Waals surface area contributed by atoms with Gasteiger partial charge in [0.1, 0.15) is 0 Å². The maximum absolute atomic E-state index is 12.5. The van der Waals surface area contributed by atoms with Crippen LogP contribution in [0.2, 0.25) is 0 Å². The topological polar surface area (TPSA) is 104 Å². The van der Waals surface area contributed by atoms with Crippen LogP contribution in [-0.2, 0) is 17.8 Å². The second kappa shape index (κ2) is 7.94. The smallest absolute Gasteiger partial charge is 0.325 e. The van der Waals surface area contributed by atoms with E-state index in [0.717, 1.165) is 38.2 Å². The first kappa shape index (κ1) is 19.1. The third-order valence-corrected chi connectivity index (χ3v) is 5.35. The largest absolute Gasteiger partial charge is 0.343 e. The van der Waals surface area contributed by atoms with Crippen molar-refractivity contribution >= 4 is 5.91 Å². The van der Waals surface area contributed by atoms with E-state index in [0.29, 0.717) is 23.6 Å². The summed E-state index contributed by atoms with van der Waals surface area (Å²) in [4.78, 5) is 42.3. The zero-order valence-corrected chi connectivity index (χ0v) is 16.2. The number of rotatable bonds is 5. The first-order chi connectivity index (χ1) is 12.8. The van der Waals surface area contributed by atoms with Crippen molar-refractivity contribution in [2.45, 2.75) is 53.0 Å². The number of aromatic amines is 2. The molecule has 0 atom stereocenters. The highest BCUT2D eigenvalue weighted by Crippen LogP contribution is 2.20. The summed E-state index contributed by atoms with van der Waals surface area (Å²) >= 11 is 0. The molecule has 1 saturated heterocycles. The SMILES string of the molecule is Cc1cc(C)n(CC2CCN(C(=O)CCc3c(C)[nH]c(=O)[nH]c3=O)CC2)n1. The fourth-order valence-corrected chi connectivity index (χ4v) is 3.79. The molecule has 8 nitrogen and oxygen atoms in total. The molecule has 0 saturated carbocycles. The Bertz CT molecular complexity index is 932. The lowest BCUT2D eigenvalue weighted by Gasteiger charge is -2.32. The van der Waals surface area contributed by atoms with E-state index in [2.05, 4.69) is 32.7 Å². The van der Waals surface area contributed by atoms with Gasteiger partial charge in [0.25, 0.3) is 5.56 Å². The summed E-state index contributed by atoms with van der Waals surface area (Å²) in [5.74, 6) is 0.584. The van der Waals surface area contributed by atoms with Crippen LogP contribution in [0.3, 0.4) is 0 Å². The highest BCUT2D eigenvalue weighted by Gasteiger charge is 2.23. The number of aryl methyl sites for hydroxylation is 3. The van der Waals surface area contributed by atoms with Crippen molar-refractivity contribution < 1.29 is 4.79 Å². The van der Waals surface area contributed by atoms with Gasteiger partial charge in [-0.05, 0) is 52.0 Å². The van der Waals surface area contributed by atoms with Gasteiger partial charge in [0.05, 0.1) is 5.69 Å². The second-order valence-electron chi connectivity index (χ2n) is 7.45. The van der Waals surface area contributed by atoms with Crippen molar-refractivity contribution in [2.24, 2.45) is 5.92 Å². The second-order valence-corrected chi connectivity index (χ2v) is 7.45. The van der Waals surface area contributed by atoms with Gasteiger partial charge in [-0.25, -0.2) is 4.79 Å². The molecule has 3 heterocycles. The average molecular weight is 373 g/mol. The van der Waals surface area contributed by atoms with Crippen molar-refractivity contribution in [1.29, 1.82) is 0 Å². The van der Waals surface area contributed by atoms with E-state index in [-0.39, 0.29) is 12.3 Å². The number of aromatic nitrogens is 4. The van der Waals surface area contributed by atoms with E-state index >= 15 is 0 Å². The predicted octanol–water partition coefficient (Wildman–Crippen LogP) is 1.06. The van der Waals surface area contributed by atoms with Gasteiger partial charge in [0.2, 0.25) is 5.91 Å². The number of nitrogens with zero attached hydrogens (tertiary/aromatic N) is 3. The molecule has 27 heavy (non-hydrogen) atoms. The van der Waals surface area contributed by atoms with Gasteiger partial charge in [-0.15, -0.1) is 0 Å². The predicted molar refractivity (Wildman–Crippen MR) is 102 cm³/mol. The number of piperidine rings is 1. The monoisotopic (exact) mass is 373 g/mol. The highest BCUT2D eigenvalue weighted by atomic mass is 16.2. The highest BCUT2D eigenvalue weighted by molar-refractivity contribution is 5.76. The minimum atomic E-state index is -0.516. The van der Waals surface area contributed by atoms with Crippen LogP contribution in [0.15, 0.2) is 15.7 Å². The van der Waals surface area contributed by atoms with E-state index in [9.17, 15) is 14.4 Å². The Hall–Kier alpha value is -2.64. The summed E-state index contributed by atoms with van der Waals surface area (Å²) in [5, 5.41) is 4.52. The number of carbonyl (C=O) groups excluding carboxylic acids is 1. The summed E-state index contributed by atoms with van der Waals surface area (Å²) in [6, 6.07) is 2.08. The number of hydrogen-bond donors (Lipinski definition) is 2. The molecule has 2 aromatic heterocycles. The Morgan fingerprint density at radius 2 is 1.89 bits per heavy atom. The van der Waals surface area contributed by atoms with E-state index in [1.54, 1.807) is 6.92 Å². The summed E-state index contributed by atoms with van der Waals surface area (Å²) in [7, 11) is 0. The molecule has 0 unspecified atom stereocenters. The molecule has 0 bridgehead atoms. The molecule has 3 rings (SSSR count). The Morgan fingerprint density at radius 1 is 1.19 bits per heavy atom. The first-order valence-electron chi connectivity index (χ1n) is 9.44. The molecule has 1 aliphatic heterocycles. The van der Waals surface area contributed by atoms with Gasteiger partial charge in [-0.3, -0.25) is 19.3 Å². The molecule has 0 spiro atoms. The standard InChI is InChI=1S/C19H27N5O3/c1-12-10-13(2)24(22-12)11-15-6-8-23(9-7-15)17(25)5-4-16-14(3)20-19(27)21-18(16)26/h10,15H,4-9,11H2,1-3H3,(H2,20,21,26,27). The van der Waals surface area contributed by atoms with Gasteiger partial charge in [-0.2, -0.15) is 5.10 Å². The Labute approximate surface area is 157 Å². The molecule has 1 amide bonds. The van der Waals surface area contributed by atoms with Crippen LogP contribution in [0.25, 0.3) is 0 Å². The molecule has 0 aliphatic carbocycles. The molecule has 2 aromatic rings. The van der Waals surface area contributed by atoms with Crippen LogP contribution >= 0.6 is 0 Å². The molecule has 0 aromatic carbocycles. The van der Waals surface area contributed by atoms with Crippen LogP contribution in [-0.4, -0.2) is 43.6 Å². The van der Waals surface area contributed by atoms with Crippen molar-refractivity contribution in [3.05, 3.63) is 49.5 Å². The Morgan fingerprint density at radius 3 is 2.48 bits per heavy atom. The summed E-state index contributed by atoms with van der Waals surface area (Å²) in [6.45, 7) is 8.13. The maximum Gasteiger partial charge on any atom is 0.325 e. The van der Waals surface area contributed by atoms with Crippen LogP contribution < -0.4 is 11.2 Å². The summed E-state index contributed by atoms with van der Waals surface area (Å²) in [5.41, 5.74) is 2.28. The number of H-pyrrole nitrogens is 2. The lowest BCUT2D eigenvalue weighted by molar-refractivity contribution is -0.132. The molecule has 1 aliphatic rings. The quantitative estimate of drug-likeness (QED) is 0.818. The maximum atomic E-state index is 12.5. The minimum Gasteiger partial charge on any atom is -0.343 e. The summed E-state index contributed by atoms with van der Waals surface area (Å²) in [6.07, 6.45) is 2.53. The van der Waals surface area contributed by atoms with Gasteiger partial charge >= 0.3 is 5.69 Å². The van der Waals surface area contributed by atoms with Gasteiger partial charge in [0, 0.05) is 43.0 Å². The van der Waals surface area contributed by atoms with Crippen LogP contribution in [0, 0.1) is 26.7 Å². The zero-order chi connectivity index (χ0) is 19.6. The van der Waals surface area contributed by atoms with Crippen LogP contribution in [0.5, 0.6) is 0 Å². The Balaban J connectivity index is 1.51. The minimum absolute atomic E-state index is 0.0598. The lowest BCUT2D eigenvalue weighted by Crippen LogP contribution is -2.39. The van der Waals surface area contributed by atoms with Crippen LogP contribution in [0.1, 0.15) is 41.9 Å². The fraction of sp³-hybridized carbons (Fsp3) is 0.579. The molecular weight excluding hydrogens is 346 g/mol. The third-order valence-electron chi connectivity index (χ3n) is 5.35. The normalized spacial score (nSPS) is 15.3. The molecule has 2 N–H and O–H groups in total.